The molecule has 2 aliphatic rings. The third kappa shape index (κ3) is 3.70. The Balaban J connectivity index is 1.90. The van der Waals surface area contributed by atoms with Crippen molar-refractivity contribution in [3.05, 3.63) is 0 Å². The lowest BCUT2D eigenvalue weighted by molar-refractivity contribution is -0.118. The maximum Gasteiger partial charge on any atom is 0.0782 e. The fourth-order valence-corrected chi connectivity index (χ4v) is 4.10. The Morgan fingerprint density at radius 3 is 2.35 bits per heavy atom. The van der Waals surface area contributed by atoms with Crippen LogP contribution in [-0.2, 0) is 4.74 Å². The van der Waals surface area contributed by atoms with E-state index in [9.17, 15) is 0 Å². The molecule has 0 aromatic rings. The summed E-state index contributed by atoms with van der Waals surface area (Å²) >= 11 is 3.70. The Hall–Kier alpha value is 0.440. The molecule has 0 spiro atoms. The second kappa shape index (κ2) is 6.06. The molecule has 1 nitrogen and oxygen atoms in total. The van der Waals surface area contributed by atoms with Gasteiger partial charge in [0.05, 0.1) is 11.7 Å². The van der Waals surface area contributed by atoms with Gasteiger partial charge >= 0.3 is 0 Å². The Morgan fingerprint density at radius 1 is 1.06 bits per heavy atom. The van der Waals surface area contributed by atoms with E-state index in [-0.39, 0.29) is 5.60 Å². The Morgan fingerprint density at radius 2 is 1.76 bits per heavy atom. The summed E-state index contributed by atoms with van der Waals surface area (Å²) in [5, 5.41) is 1.03. The monoisotopic (exact) mass is 302 g/mol. The topological polar surface area (TPSA) is 9.23 Å². The lowest BCUT2D eigenvalue weighted by Gasteiger charge is -2.42. The first kappa shape index (κ1) is 13.9. The average molecular weight is 303 g/mol. The summed E-state index contributed by atoms with van der Waals surface area (Å²) in [6.45, 7) is 4.75. The van der Waals surface area contributed by atoms with Crippen LogP contribution in [0.3, 0.4) is 0 Å². The number of rotatable bonds is 3. The van der Waals surface area contributed by atoms with Crippen molar-refractivity contribution in [2.24, 2.45) is 11.8 Å². The molecule has 100 valence electrons. The van der Waals surface area contributed by atoms with E-state index in [1.165, 1.54) is 51.4 Å². The second-order valence-electron chi connectivity index (χ2n) is 6.51. The fraction of sp³-hybridized carbons (Fsp3) is 1.00. The van der Waals surface area contributed by atoms with Crippen LogP contribution in [0, 0.1) is 11.8 Å². The average Bonchev–Trinajstić information content (AvgIpc) is 2.33. The molecule has 2 heteroatoms. The van der Waals surface area contributed by atoms with E-state index < -0.39 is 0 Å². The molecule has 0 aliphatic heterocycles. The van der Waals surface area contributed by atoms with Gasteiger partial charge in [-0.05, 0) is 50.4 Å². The van der Waals surface area contributed by atoms with E-state index in [1.54, 1.807) is 0 Å². The molecule has 0 amide bonds. The highest BCUT2D eigenvalue weighted by atomic mass is 79.9. The molecule has 0 saturated heterocycles. The fourth-order valence-electron chi connectivity index (χ4n) is 3.41. The Labute approximate surface area is 115 Å². The first-order valence-electron chi connectivity index (χ1n) is 7.37. The third-order valence-corrected chi connectivity index (χ3v) is 5.76. The second-order valence-corrected chi connectivity index (χ2v) is 7.07. The molecule has 0 heterocycles. The molecule has 2 fully saturated rings. The zero-order chi connectivity index (χ0) is 12.3. The molecule has 2 rings (SSSR count). The predicted octanol–water partition coefficient (Wildman–Crippen LogP) is 4.93. The SMILES string of the molecule is CC1CCC(CBr)(OC2CCCC(C)C2)CC1. The van der Waals surface area contributed by atoms with E-state index in [0.29, 0.717) is 6.10 Å². The molecule has 2 atom stereocenters. The van der Waals surface area contributed by atoms with E-state index in [2.05, 4.69) is 29.8 Å². The van der Waals surface area contributed by atoms with Crippen molar-refractivity contribution in [3.8, 4) is 0 Å². The lowest BCUT2D eigenvalue weighted by Crippen LogP contribution is -2.42. The molecule has 17 heavy (non-hydrogen) atoms. The minimum atomic E-state index is 0.161. The van der Waals surface area contributed by atoms with Crippen LogP contribution in [0.5, 0.6) is 0 Å². The van der Waals surface area contributed by atoms with Crippen LogP contribution in [0.4, 0.5) is 0 Å². The summed E-state index contributed by atoms with van der Waals surface area (Å²) < 4.78 is 6.54. The molecule has 0 N–H and O–H groups in total. The van der Waals surface area contributed by atoms with Gasteiger partial charge in [0.15, 0.2) is 0 Å². The highest BCUT2D eigenvalue weighted by Gasteiger charge is 2.37. The van der Waals surface area contributed by atoms with Gasteiger partial charge in [0.2, 0.25) is 0 Å². The van der Waals surface area contributed by atoms with E-state index >= 15 is 0 Å². The first-order valence-corrected chi connectivity index (χ1v) is 8.49. The van der Waals surface area contributed by atoms with Crippen molar-refractivity contribution in [3.63, 3.8) is 0 Å². The van der Waals surface area contributed by atoms with Gasteiger partial charge in [-0.1, -0.05) is 42.6 Å². The van der Waals surface area contributed by atoms with Crippen LogP contribution < -0.4 is 0 Å². The summed E-state index contributed by atoms with van der Waals surface area (Å²) in [6, 6.07) is 0. The number of hydrogen-bond donors (Lipinski definition) is 0. The van der Waals surface area contributed by atoms with E-state index in [1.807, 2.05) is 0 Å². The van der Waals surface area contributed by atoms with Gasteiger partial charge in [0.25, 0.3) is 0 Å². The third-order valence-electron chi connectivity index (χ3n) is 4.73. The molecular formula is C15H27BrO. The summed E-state index contributed by atoms with van der Waals surface area (Å²) in [7, 11) is 0. The highest BCUT2D eigenvalue weighted by Crippen LogP contribution is 2.39. The van der Waals surface area contributed by atoms with Gasteiger partial charge in [-0.3, -0.25) is 0 Å². The molecule has 2 saturated carbocycles. The number of hydrogen-bond acceptors (Lipinski definition) is 1. The molecular weight excluding hydrogens is 276 g/mol. The lowest BCUT2D eigenvalue weighted by atomic mass is 9.80. The van der Waals surface area contributed by atoms with Crippen LogP contribution in [0.1, 0.15) is 65.2 Å². The van der Waals surface area contributed by atoms with E-state index in [4.69, 9.17) is 4.74 Å². The standard InChI is InChI=1S/C15H27BrO/c1-12-6-8-15(11-16,9-7-12)17-14-5-3-4-13(2)10-14/h12-14H,3-11H2,1-2H3. The molecule has 2 unspecified atom stereocenters. The van der Waals surface area contributed by atoms with Gasteiger partial charge in [0, 0.05) is 5.33 Å². The van der Waals surface area contributed by atoms with Crippen molar-refractivity contribution < 1.29 is 4.74 Å². The molecule has 0 bridgehead atoms. The number of alkyl halides is 1. The van der Waals surface area contributed by atoms with Gasteiger partial charge in [-0.15, -0.1) is 0 Å². The summed E-state index contributed by atoms with van der Waals surface area (Å²) in [5.74, 6) is 1.76. The molecule has 0 aromatic heterocycles. The smallest absolute Gasteiger partial charge is 0.0782 e. The molecule has 0 radical (unpaired) electrons. The van der Waals surface area contributed by atoms with Gasteiger partial charge in [-0.25, -0.2) is 0 Å². The normalized spacial score (nSPS) is 43.6. The number of halogens is 1. The molecule has 0 aromatic carbocycles. The Bertz CT molecular complexity index is 233. The van der Waals surface area contributed by atoms with Crippen molar-refractivity contribution in [2.45, 2.75) is 76.9 Å². The minimum Gasteiger partial charge on any atom is -0.371 e. The van der Waals surface area contributed by atoms with Crippen LogP contribution in [-0.4, -0.2) is 17.0 Å². The van der Waals surface area contributed by atoms with Crippen molar-refractivity contribution in [1.82, 2.24) is 0 Å². The van der Waals surface area contributed by atoms with Crippen LogP contribution >= 0.6 is 15.9 Å². The highest BCUT2D eigenvalue weighted by molar-refractivity contribution is 9.09. The maximum atomic E-state index is 6.54. The summed E-state index contributed by atoms with van der Waals surface area (Å²) in [5.41, 5.74) is 0.161. The summed E-state index contributed by atoms with van der Waals surface area (Å²) in [6.07, 6.45) is 11.1. The van der Waals surface area contributed by atoms with Crippen molar-refractivity contribution in [2.75, 3.05) is 5.33 Å². The van der Waals surface area contributed by atoms with Crippen LogP contribution in [0.15, 0.2) is 0 Å². The van der Waals surface area contributed by atoms with Gasteiger partial charge in [-0.2, -0.15) is 0 Å². The number of ether oxygens (including phenoxy) is 1. The zero-order valence-electron chi connectivity index (χ0n) is 11.4. The predicted molar refractivity (Wildman–Crippen MR) is 76.7 cm³/mol. The Kier molecular flexibility index (Phi) is 4.94. The summed E-state index contributed by atoms with van der Waals surface area (Å²) in [4.78, 5) is 0. The minimum absolute atomic E-state index is 0.161. The van der Waals surface area contributed by atoms with Gasteiger partial charge < -0.3 is 4.74 Å². The first-order chi connectivity index (χ1) is 8.13. The molecule has 2 aliphatic carbocycles. The van der Waals surface area contributed by atoms with Crippen LogP contribution in [0.25, 0.3) is 0 Å². The van der Waals surface area contributed by atoms with Gasteiger partial charge in [0.1, 0.15) is 0 Å². The zero-order valence-corrected chi connectivity index (χ0v) is 13.0. The van der Waals surface area contributed by atoms with E-state index in [0.717, 1.165) is 17.2 Å². The quantitative estimate of drug-likeness (QED) is 0.672. The maximum absolute atomic E-state index is 6.54. The van der Waals surface area contributed by atoms with Crippen molar-refractivity contribution >= 4 is 15.9 Å². The van der Waals surface area contributed by atoms with Crippen LogP contribution in [0.2, 0.25) is 0 Å². The largest absolute Gasteiger partial charge is 0.371 e. The van der Waals surface area contributed by atoms with Crippen molar-refractivity contribution in [1.29, 1.82) is 0 Å².